The molecule has 4 nitrogen and oxygen atoms in total. The first-order valence-corrected chi connectivity index (χ1v) is 10.9. The second-order valence-electron chi connectivity index (χ2n) is 9.10. The summed E-state index contributed by atoms with van der Waals surface area (Å²) in [5.41, 5.74) is 4.44. The number of nitrogens with zero attached hydrogens (tertiary/aromatic N) is 2. The summed E-state index contributed by atoms with van der Waals surface area (Å²) in [6.07, 6.45) is 2.44. The molecule has 1 amide bonds. The number of hydrogen-bond donors (Lipinski definition) is 1. The molecule has 0 unspecified atom stereocenters. The molecule has 3 aromatic rings. The molecular weight excluding hydrogens is 358 g/mol. The molecule has 7 rings (SSSR count). The Morgan fingerprint density at radius 3 is 2.52 bits per heavy atom. The van der Waals surface area contributed by atoms with Gasteiger partial charge in [0.05, 0.1) is 6.04 Å². The van der Waals surface area contributed by atoms with Gasteiger partial charge in [0.2, 0.25) is 0 Å². The molecule has 2 bridgehead atoms. The van der Waals surface area contributed by atoms with Gasteiger partial charge in [0.15, 0.2) is 0 Å². The van der Waals surface area contributed by atoms with E-state index in [9.17, 15) is 4.79 Å². The summed E-state index contributed by atoms with van der Waals surface area (Å²) in [4.78, 5) is 21.9. The van der Waals surface area contributed by atoms with Crippen molar-refractivity contribution in [1.82, 2.24) is 14.8 Å². The smallest absolute Gasteiger partial charge is 0.270 e. The number of rotatable bonds is 2. The Labute approximate surface area is 171 Å². The molecule has 0 aliphatic carbocycles. The lowest BCUT2D eigenvalue weighted by Crippen LogP contribution is -2.60. The van der Waals surface area contributed by atoms with Crippen LogP contribution < -0.4 is 0 Å². The van der Waals surface area contributed by atoms with Crippen molar-refractivity contribution >= 4 is 16.8 Å². The van der Waals surface area contributed by atoms with Crippen LogP contribution in [0.1, 0.15) is 40.4 Å². The van der Waals surface area contributed by atoms with Gasteiger partial charge in [-0.05, 0) is 56.5 Å². The van der Waals surface area contributed by atoms with Crippen LogP contribution in [0.5, 0.6) is 0 Å². The number of H-pyrrole nitrogens is 1. The van der Waals surface area contributed by atoms with Gasteiger partial charge in [0, 0.05) is 29.4 Å². The van der Waals surface area contributed by atoms with Crippen molar-refractivity contribution in [2.75, 3.05) is 19.6 Å². The fourth-order valence-electron chi connectivity index (χ4n) is 6.10. The molecule has 1 aromatic heterocycles. The van der Waals surface area contributed by atoms with Gasteiger partial charge in [0.1, 0.15) is 5.69 Å². The summed E-state index contributed by atoms with van der Waals surface area (Å²) in [5.74, 6) is 1.20. The van der Waals surface area contributed by atoms with Crippen LogP contribution in [0, 0.1) is 12.8 Å². The SMILES string of the molecule is Cc1ccc([C@@H]2CN(C(=O)c3cc4ccccc4[nH]3)[C@H]3C4CCN(CC4)[C@@H]23)cc1. The molecule has 4 aliphatic rings. The number of nitrogens with one attached hydrogen (secondary N) is 1. The highest BCUT2D eigenvalue weighted by Gasteiger charge is 2.54. The highest BCUT2D eigenvalue weighted by atomic mass is 16.2. The Hall–Kier alpha value is -2.59. The Bertz CT molecular complexity index is 1030. The van der Waals surface area contributed by atoms with Gasteiger partial charge in [-0.25, -0.2) is 0 Å². The van der Waals surface area contributed by atoms with Crippen LogP contribution in [0.25, 0.3) is 10.9 Å². The third-order valence-electron chi connectivity index (χ3n) is 7.52. The van der Waals surface area contributed by atoms with Crippen molar-refractivity contribution in [3.05, 3.63) is 71.4 Å². The van der Waals surface area contributed by atoms with Crippen LogP contribution in [0.4, 0.5) is 0 Å². The minimum atomic E-state index is 0.166. The van der Waals surface area contributed by atoms with Crippen molar-refractivity contribution in [2.24, 2.45) is 5.92 Å². The van der Waals surface area contributed by atoms with Gasteiger partial charge < -0.3 is 9.88 Å². The average molecular weight is 386 g/mol. The Balaban J connectivity index is 1.39. The van der Waals surface area contributed by atoms with E-state index in [0.29, 0.717) is 23.9 Å². The topological polar surface area (TPSA) is 39.3 Å². The molecule has 29 heavy (non-hydrogen) atoms. The third-order valence-corrected chi connectivity index (χ3v) is 7.52. The Kier molecular flexibility index (Phi) is 3.85. The molecule has 1 N–H and O–H groups in total. The molecule has 4 fully saturated rings. The van der Waals surface area contributed by atoms with E-state index in [1.807, 2.05) is 24.3 Å². The zero-order chi connectivity index (χ0) is 19.5. The Morgan fingerprint density at radius 2 is 1.76 bits per heavy atom. The standard InChI is InChI=1S/C25H27N3O/c1-16-6-8-17(9-7-16)20-15-28(23-18-10-12-27(13-11-18)24(20)23)25(29)22-14-19-4-2-3-5-21(19)26-22/h2-9,14,18,20,23-24,26H,10-13,15H2,1H3/t20-,23-,24-/m0/s1. The number of carbonyl (C=O) groups is 1. The van der Waals surface area contributed by atoms with Gasteiger partial charge in [0.25, 0.3) is 5.91 Å². The van der Waals surface area contributed by atoms with Crippen molar-refractivity contribution in [3.8, 4) is 0 Å². The summed E-state index contributed by atoms with van der Waals surface area (Å²) < 4.78 is 0. The molecule has 5 heterocycles. The quantitative estimate of drug-likeness (QED) is 0.719. The number of amides is 1. The zero-order valence-corrected chi connectivity index (χ0v) is 16.8. The zero-order valence-electron chi connectivity index (χ0n) is 16.8. The largest absolute Gasteiger partial charge is 0.351 e. The van der Waals surface area contributed by atoms with Crippen molar-refractivity contribution in [3.63, 3.8) is 0 Å². The normalized spacial score (nSPS) is 30.7. The summed E-state index contributed by atoms with van der Waals surface area (Å²) in [6.45, 7) is 5.32. The van der Waals surface area contributed by atoms with Crippen molar-refractivity contribution in [2.45, 2.75) is 37.8 Å². The minimum Gasteiger partial charge on any atom is -0.351 e. The maximum Gasteiger partial charge on any atom is 0.270 e. The van der Waals surface area contributed by atoms with E-state index in [0.717, 1.165) is 23.1 Å². The molecule has 4 saturated heterocycles. The van der Waals surface area contributed by atoms with E-state index in [-0.39, 0.29) is 5.91 Å². The van der Waals surface area contributed by atoms with Gasteiger partial charge in [-0.1, -0.05) is 48.0 Å². The number of fused-ring (bicyclic) bond motifs is 3. The molecule has 0 radical (unpaired) electrons. The fourth-order valence-corrected chi connectivity index (χ4v) is 6.10. The van der Waals surface area contributed by atoms with Crippen molar-refractivity contribution in [1.29, 1.82) is 0 Å². The maximum atomic E-state index is 13.7. The van der Waals surface area contributed by atoms with E-state index in [1.54, 1.807) is 0 Å². The third kappa shape index (κ3) is 2.66. The van der Waals surface area contributed by atoms with Gasteiger partial charge in [-0.3, -0.25) is 9.69 Å². The first-order valence-electron chi connectivity index (χ1n) is 10.9. The number of aryl methyl sites for hydroxylation is 1. The number of hydrogen-bond acceptors (Lipinski definition) is 2. The second-order valence-corrected chi connectivity index (χ2v) is 9.10. The van der Waals surface area contributed by atoms with Gasteiger partial charge in [-0.15, -0.1) is 0 Å². The number of likely N-dealkylation sites (tertiary alicyclic amines) is 1. The minimum absolute atomic E-state index is 0.166. The van der Waals surface area contributed by atoms with Crippen LogP contribution in [0.2, 0.25) is 0 Å². The molecule has 0 spiro atoms. The van der Waals surface area contributed by atoms with Gasteiger partial charge in [-0.2, -0.15) is 0 Å². The highest BCUT2D eigenvalue weighted by molar-refractivity contribution is 5.98. The molecular formula is C25H27N3O. The molecule has 4 heteroatoms. The van der Waals surface area contributed by atoms with Crippen LogP contribution in [0.15, 0.2) is 54.6 Å². The van der Waals surface area contributed by atoms with E-state index in [1.165, 1.54) is 37.1 Å². The molecule has 4 aliphatic heterocycles. The van der Waals surface area contributed by atoms with E-state index in [4.69, 9.17) is 0 Å². The number of carbonyl (C=O) groups excluding carboxylic acids is 1. The molecule has 148 valence electrons. The summed E-state index contributed by atoms with van der Waals surface area (Å²) >= 11 is 0. The van der Waals surface area contributed by atoms with E-state index >= 15 is 0 Å². The summed E-state index contributed by atoms with van der Waals surface area (Å²) in [7, 11) is 0. The monoisotopic (exact) mass is 385 g/mol. The molecule has 2 aromatic carbocycles. The van der Waals surface area contributed by atoms with Crippen LogP contribution in [-0.2, 0) is 0 Å². The van der Waals surface area contributed by atoms with Crippen LogP contribution in [0.3, 0.4) is 0 Å². The predicted molar refractivity (Wildman–Crippen MR) is 115 cm³/mol. The fraction of sp³-hybridized carbons (Fsp3) is 0.400. The number of benzene rings is 2. The number of aromatic nitrogens is 1. The van der Waals surface area contributed by atoms with Gasteiger partial charge >= 0.3 is 0 Å². The number of aromatic amines is 1. The van der Waals surface area contributed by atoms with E-state index in [2.05, 4.69) is 52.0 Å². The highest BCUT2D eigenvalue weighted by Crippen LogP contribution is 2.47. The molecule has 0 saturated carbocycles. The van der Waals surface area contributed by atoms with E-state index < -0.39 is 0 Å². The summed E-state index contributed by atoms with van der Waals surface area (Å²) in [5, 5.41) is 1.11. The number of para-hydroxylation sites is 1. The first kappa shape index (κ1) is 17.3. The summed E-state index contributed by atoms with van der Waals surface area (Å²) in [6, 6.07) is 19.9. The first-order chi connectivity index (χ1) is 14.2. The van der Waals surface area contributed by atoms with Crippen molar-refractivity contribution < 1.29 is 4.79 Å². The second kappa shape index (κ2) is 6.46. The molecule has 3 atom stereocenters. The van der Waals surface area contributed by atoms with Crippen LogP contribution in [-0.4, -0.2) is 52.4 Å². The maximum absolute atomic E-state index is 13.7. The predicted octanol–water partition coefficient (Wildman–Crippen LogP) is 4.18. The lowest BCUT2D eigenvalue weighted by Gasteiger charge is -2.51. The Morgan fingerprint density at radius 1 is 1.00 bits per heavy atom. The average Bonchev–Trinajstić information content (AvgIpc) is 3.38. The van der Waals surface area contributed by atoms with Crippen LogP contribution >= 0.6 is 0 Å². The lowest BCUT2D eigenvalue weighted by molar-refractivity contribution is -0.00355. The lowest BCUT2D eigenvalue weighted by atomic mass is 9.75. The number of piperidine rings is 3.